The van der Waals surface area contributed by atoms with Gasteiger partial charge in [-0.05, 0) is 49.1 Å². The average Bonchev–Trinajstić information content (AvgIpc) is 3.45. The van der Waals surface area contributed by atoms with Gasteiger partial charge in [0.15, 0.2) is 0 Å². The van der Waals surface area contributed by atoms with Gasteiger partial charge < -0.3 is 9.88 Å². The molecule has 0 atom stereocenters. The monoisotopic (exact) mass is 491 g/mol. The van der Waals surface area contributed by atoms with Crippen LogP contribution < -0.4 is 5.32 Å². The molecule has 0 unspecified atom stereocenters. The molecule has 1 aromatic carbocycles. The first kappa shape index (κ1) is 25.7. The zero-order chi connectivity index (χ0) is 25.0. The molecule has 1 fully saturated rings. The Morgan fingerprint density at radius 3 is 2.51 bits per heavy atom. The summed E-state index contributed by atoms with van der Waals surface area (Å²) < 4.78 is 2.37. The number of unbranched alkanes of at least 4 members (excludes halogenated alkanes) is 1. The highest BCUT2D eigenvalue weighted by Crippen LogP contribution is 2.34. The molecular weight excluding hydrogens is 450 g/mol. The highest BCUT2D eigenvalue weighted by molar-refractivity contribution is 7.13. The minimum Gasteiger partial charge on any atom is -0.352 e. The molecule has 3 aromatic rings. The maximum atomic E-state index is 13.0. The molecule has 35 heavy (non-hydrogen) atoms. The van der Waals surface area contributed by atoms with Crippen molar-refractivity contribution < 1.29 is 4.79 Å². The van der Waals surface area contributed by atoms with E-state index in [-0.39, 0.29) is 11.3 Å². The van der Waals surface area contributed by atoms with Crippen molar-refractivity contribution in [3.8, 4) is 22.0 Å². The summed E-state index contributed by atoms with van der Waals surface area (Å²) in [6, 6.07) is 10.9. The second-order valence-electron chi connectivity index (χ2n) is 11.1. The molecule has 0 spiro atoms. The van der Waals surface area contributed by atoms with Crippen molar-refractivity contribution >= 4 is 17.2 Å². The summed E-state index contributed by atoms with van der Waals surface area (Å²) in [6.45, 7) is 12.7. The summed E-state index contributed by atoms with van der Waals surface area (Å²) in [4.78, 5) is 18.1. The Morgan fingerprint density at radius 1 is 1.14 bits per heavy atom. The lowest BCUT2D eigenvalue weighted by Crippen LogP contribution is -2.25. The quantitative estimate of drug-likeness (QED) is 0.325. The molecule has 1 amide bonds. The molecule has 4 rings (SSSR count). The van der Waals surface area contributed by atoms with Gasteiger partial charge in [-0.25, -0.2) is 4.98 Å². The minimum atomic E-state index is 0.0350. The molecule has 1 aliphatic rings. The Bertz CT molecular complexity index is 1130. The van der Waals surface area contributed by atoms with Crippen LogP contribution in [0.25, 0.3) is 22.0 Å². The molecule has 1 aliphatic carbocycles. The summed E-state index contributed by atoms with van der Waals surface area (Å²) >= 11 is 1.68. The number of rotatable bonds is 8. The standard InChI is InChI=1S/C30H41N3OS/c1-6-7-17-31-28(34)25-18-27(33(21(25)2)19-22-11-9-8-10-12-22)26-20-35-29(32-26)23-13-15-24(16-14-23)30(3,4)5/h13-16,18,20,22H,6-12,17,19H2,1-5H3,(H,31,34). The fourth-order valence-corrected chi connectivity index (χ4v) is 5.88. The van der Waals surface area contributed by atoms with Gasteiger partial charge in [-0.2, -0.15) is 0 Å². The fourth-order valence-electron chi connectivity index (χ4n) is 5.06. The fraction of sp³-hybridized carbons (Fsp3) is 0.533. The van der Waals surface area contributed by atoms with Crippen molar-refractivity contribution in [3.05, 3.63) is 52.5 Å². The first-order valence-corrected chi connectivity index (χ1v) is 14.2. The Balaban J connectivity index is 1.65. The number of carbonyl (C=O) groups excluding carboxylic acids is 1. The molecular formula is C30H41N3OS. The van der Waals surface area contributed by atoms with Gasteiger partial charge in [0.05, 0.1) is 17.0 Å². The molecule has 4 nitrogen and oxygen atoms in total. The van der Waals surface area contributed by atoms with E-state index in [2.05, 4.69) is 80.2 Å². The van der Waals surface area contributed by atoms with E-state index in [4.69, 9.17) is 4.98 Å². The second kappa shape index (κ2) is 11.1. The van der Waals surface area contributed by atoms with Crippen molar-refractivity contribution in [1.29, 1.82) is 0 Å². The summed E-state index contributed by atoms with van der Waals surface area (Å²) in [5.74, 6) is 0.709. The molecule has 2 heterocycles. The van der Waals surface area contributed by atoms with Gasteiger partial charge in [-0.3, -0.25) is 4.79 Å². The maximum absolute atomic E-state index is 13.0. The van der Waals surface area contributed by atoms with Crippen LogP contribution in [0.5, 0.6) is 0 Å². The van der Waals surface area contributed by atoms with Crippen LogP contribution >= 0.6 is 11.3 Å². The van der Waals surface area contributed by atoms with Crippen molar-refractivity contribution in [1.82, 2.24) is 14.9 Å². The molecule has 188 valence electrons. The number of nitrogens with zero attached hydrogens (tertiary/aromatic N) is 2. The number of hydrogen-bond donors (Lipinski definition) is 1. The maximum Gasteiger partial charge on any atom is 0.253 e. The Morgan fingerprint density at radius 2 is 1.86 bits per heavy atom. The van der Waals surface area contributed by atoms with Gasteiger partial charge >= 0.3 is 0 Å². The Hall–Kier alpha value is -2.40. The zero-order valence-electron chi connectivity index (χ0n) is 22.1. The third-order valence-corrected chi connectivity index (χ3v) is 8.25. The first-order valence-electron chi connectivity index (χ1n) is 13.3. The van der Waals surface area contributed by atoms with Crippen LogP contribution in [0.4, 0.5) is 0 Å². The van der Waals surface area contributed by atoms with Crippen LogP contribution in [-0.2, 0) is 12.0 Å². The van der Waals surface area contributed by atoms with Gasteiger partial charge in [-0.15, -0.1) is 11.3 Å². The van der Waals surface area contributed by atoms with E-state index in [9.17, 15) is 4.79 Å². The number of carbonyl (C=O) groups is 1. The molecule has 5 heteroatoms. The number of nitrogens with one attached hydrogen (secondary N) is 1. The summed E-state index contributed by atoms with van der Waals surface area (Å²) in [5.41, 5.74) is 6.50. The van der Waals surface area contributed by atoms with Gasteiger partial charge in [0.1, 0.15) is 5.01 Å². The van der Waals surface area contributed by atoms with E-state index in [0.717, 1.165) is 59.1 Å². The van der Waals surface area contributed by atoms with E-state index in [1.165, 1.54) is 37.7 Å². The van der Waals surface area contributed by atoms with Crippen molar-refractivity contribution in [3.63, 3.8) is 0 Å². The largest absolute Gasteiger partial charge is 0.352 e. The third-order valence-electron chi connectivity index (χ3n) is 7.36. The highest BCUT2D eigenvalue weighted by atomic mass is 32.1. The van der Waals surface area contributed by atoms with Gasteiger partial charge in [-0.1, -0.05) is 77.6 Å². The Labute approximate surface area is 215 Å². The van der Waals surface area contributed by atoms with E-state index in [1.807, 2.05) is 0 Å². The lowest BCUT2D eigenvalue weighted by Gasteiger charge is -2.24. The SMILES string of the molecule is CCCCNC(=O)c1cc(-c2csc(-c3ccc(C(C)(C)C)cc3)n2)n(CC2CCCCC2)c1C. The van der Waals surface area contributed by atoms with Gasteiger partial charge in [0.2, 0.25) is 0 Å². The highest BCUT2D eigenvalue weighted by Gasteiger charge is 2.23. The van der Waals surface area contributed by atoms with Crippen molar-refractivity contribution in [2.45, 2.75) is 91.5 Å². The van der Waals surface area contributed by atoms with Crippen LogP contribution in [0.15, 0.2) is 35.7 Å². The molecule has 2 aromatic heterocycles. The van der Waals surface area contributed by atoms with Gasteiger partial charge in [0, 0.05) is 29.7 Å². The predicted molar refractivity (Wildman–Crippen MR) is 148 cm³/mol. The van der Waals surface area contributed by atoms with Crippen molar-refractivity contribution in [2.24, 2.45) is 5.92 Å². The number of amides is 1. The number of thiazole rings is 1. The van der Waals surface area contributed by atoms with Crippen LogP contribution in [0, 0.1) is 12.8 Å². The van der Waals surface area contributed by atoms with Crippen LogP contribution in [0.1, 0.15) is 94.3 Å². The number of aromatic nitrogens is 2. The van der Waals surface area contributed by atoms with E-state index >= 15 is 0 Å². The van der Waals surface area contributed by atoms with Crippen molar-refractivity contribution in [2.75, 3.05) is 6.54 Å². The summed E-state index contributed by atoms with van der Waals surface area (Å²) in [6.07, 6.45) is 8.61. The van der Waals surface area contributed by atoms with E-state index in [1.54, 1.807) is 11.3 Å². The molecule has 0 bridgehead atoms. The van der Waals surface area contributed by atoms with E-state index < -0.39 is 0 Å². The van der Waals surface area contributed by atoms with Crippen LogP contribution in [0.3, 0.4) is 0 Å². The lowest BCUT2D eigenvalue weighted by molar-refractivity contribution is 0.0952. The minimum absolute atomic E-state index is 0.0350. The molecule has 0 aliphatic heterocycles. The topological polar surface area (TPSA) is 46.9 Å². The van der Waals surface area contributed by atoms with Crippen LogP contribution in [-0.4, -0.2) is 22.0 Å². The lowest BCUT2D eigenvalue weighted by atomic mass is 9.87. The Kier molecular flexibility index (Phi) is 8.16. The normalized spacial score (nSPS) is 14.9. The second-order valence-corrected chi connectivity index (χ2v) is 12.0. The smallest absolute Gasteiger partial charge is 0.253 e. The summed E-state index contributed by atoms with van der Waals surface area (Å²) in [5, 5.41) is 6.29. The van der Waals surface area contributed by atoms with E-state index in [0.29, 0.717) is 5.92 Å². The average molecular weight is 492 g/mol. The summed E-state index contributed by atoms with van der Waals surface area (Å²) in [7, 11) is 0. The predicted octanol–water partition coefficient (Wildman–Crippen LogP) is 7.99. The van der Waals surface area contributed by atoms with Gasteiger partial charge in [0.25, 0.3) is 5.91 Å². The number of hydrogen-bond acceptors (Lipinski definition) is 3. The molecule has 0 radical (unpaired) electrons. The molecule has 1 saturated carbocycles. The third kappa shape index (κ3) is 6.06. The first-order chi connectivity index (χ1) is 16.8. The number of benzene rings is 1. The van der Waals surface area contributed by atoms with Crippen LogP contribution in [0.2, 0.25) is 0 Å². The molecule has 0 saturated heterocycles. The molecule has 1 N–H and O–H groups in total. The zero-order valence-corrected chi connectivity index (χ0v) is 22.9.